The lowest BCUT2D eigenvalue weighted by Crippen LogP contribution is -2.06. The third-order valence-electron chi connectivity index (χ3n) is 2.79. The van der Waals surface area contributed by atoms with Crippen molar-refractivity contribution in [2.75, 3.05) is 17.6 Å². The van der Waals surface area contributed by atoms with Crippen LogP contribution in [0, 0.1) is 0 Å². The topological polar surface area (TPSA) is 68.8 Å². The number of hydrogen-bond acceptors (Lipinski definition) is 4. The molecule has 1 heterocycles. The summed E-state index contributed by atoms with van der Waals surface area (Å²) in [6.07, 6.45) is 3.97. The number of benzene rings is 1. The molecule has 0 saturated heterocycles. The summed E-state index contributed by atoms with van der Waals surface area (Å²) in [5.74, 6) is 1.65. The summed E-state index contributed by atoms with van der Waals surface area (Å²) in [5, 5.41) is 11.5. The van der Waals surface area contributed by atoms with Crippen molar-refractivity contribution in [1.29, 1.82) is 0 Å². The van der Waals surface area contributed by atoms with Crippen molar-refractivity contribution in [3.63, 3.8) is 0 Å². The Kier molecular flexibility index (Phi) is 4.18. The van der Waals surface area contributed by atoms with Crippen molar-refractivity contribution in [3.05, 3.63) is 35.7 Å². The molecule has 0 spiro atoms. The highest BCUT2D eigenvalue weighted by atomic mass is 15.3. The normalized spacial score (nSPS) is 11.1. The lowest BCUT2D eigenvalue weighted by atomic mass is 10.2. The van der Waals surface area contributed by atoms with Crippen LogP contribution in [0.4, 0.5) is 11.6 Å². The van der Waals surface area contributed by atoms with Gasteiger partial charge in [-0.05, 0) is 37.6 Å². The van der Waals surface area contributed by atoms with E-state index in [2.05, 4.69) is 22.4 Å². The average Bonchev–Trinajstić information content (AvgIpc) is 2.81. The first-order chi connectivity index (χ1) is 9.24. The Bertz CT molecular complexity index is 554. The van der Waals surface area contributed by atoms with Crippen LogP contribution in [0.15, 0.2) is 24.3 Å². The molecule has 0 fully saturated rings. The van der Waals surface area contributed by atoms with Gasteiger partial charge in [0, 0.05) is 18.8 Å². The Morgan fingerprint density at radius 3 is 2.53 bits per heavy atom. The molecule has 0 atom stereocenters. The molecule has 3 N–H and O–H groups in total. The van der Waals surface area contributed by atoms with Crippen molar-refractivity contribution >= 4 is 23.8 Å². The van der Waals surface area contributed by atoms with Crippen LogP contribution >= 0.6 is 0 Å². The SMILES string of the molecule is CCNc1nnc(/C=C/c2ccc(N)cc2)n1CC. The second-order valence-electron chi connectivity index (χ2n) is 4.16. The largest absolute Gasteiger partial charge is 0.399 e. The number of aromatic nitrogens is 3. The van der Waals surface area contributed by atoms with Crippen molar-refractivity contribution in [1.82, 2.24) is 14.8 Å². The van der Waals surface area contributed by atoms with Crippen molar-refractivity contribution in [2.24, 2.45) is 0 Å². The van der Waals surface area contributed by atoms with Gasteiger partial charge in [0.25, 0.3) is 0 Å². The molecule has 0 aliphatic carbocycles. The monoisotopic (exact) mass is 257 g/mol. The number of nitrogen functional groups attached to an aromatic ring is 1. The van der Waals surface area contributed by atoms with Gasteiger partial charge in [-0.25, -0.2) is 0 Å². The van der Waals surface area contributed by atoms with E-state index in [-0.39, 0.29) is 0 Å². The summed E-state index contributed by atoms with van der Waals surface area (Å²) >= 11 is 0. The maximum atomic E-state index is 5.66. The predicted molar refractivity (Wildman–Crippen MR) is 79.6 cm³/mol. The highest BCUT2D eigenvalue weighted by Gasteiger charge is 2.06. The molecule has 100 valence electrons. The van der Waals surface area contributed by atoms with Gasteiger partial charge >= 0.3 is 0 Å². The first-order valence-electron chi connectivity index (χ1n) is 6.45. The van der Waals surface area contributed by atoms with Crippen LogP contribution in [0.5, 0.6) is 0 Å². The Morgan fingerprint density at radius 1 is 1.16 bits per heavy atom. The van der Waals surface area contributed by atoms with Crippen molar-refractivity contribution < 1.29 is 0 Å². The predicted octanol–water partition coefficient (Wildman–Crippen LogP) is 2.48. The molecule has 5 nitrogen and oxygen atoms in total. The second kappa shape index (κ2) is 6.04. The van der Waals surface area contributed by atoms with Crippen LogP contribution in [0.3, 0.4) is 0 Å². The smallest absolute Gasteiger partial charge is 0.224 e. The van der Waals surface area contributed by atoms with Crippen LogP contribution in [0.25, 0.3) is 12.2 Å². The molecular formula is C14H19N5. The minimum absolute atomic E-state index is 0.767. The molecule has 1 aromatic carbocycles. The van der Waals surface area contributed by atoms with Gasteiger partial charge in [0.15, 0.2) is 5.82 Å². The van der Waals surface area contributed by atoms with Crippen LogP contribution in [0.2, 0.25) is 0 Å². The second-order valence-corrected chi connectivity index (χ2v) is 4.16. The standard InChI is InChI=1S/C14H19N5/c1-3-16-14-18-17-13(19(14)4-2)10-7-11-5-8-12(15)9-6-11/h5-10H,3-4,15H2,1-2H3,(H,16,18)/b10-7+. The fourth-order valence-corrected chi connectivity index (χ4v) is 1.82. The number of nitrogens with two attached hydrogens (primary N) is 1. The molecule has 2 aromatic rings. The summed E-state index contributed by atoms with van der Waals surface area (Å²) in [5.41, 5.74) is 7.51. The zero-order valence-corrected chi connectivity index (χ0v) is 11.3. The molecule has 0 radical (unpaired) electrons. The van der Waals surface area contributed by atoms with Crippen LogP contribution < -0.4 is 11.1 Å². The molecule has 2 rings (SSSR count). The van der Waals surface area contributed by atoms with E-state index < -0.39 is 0 Å². The molecule has 1 aromatic heterocycles. The number of anilines is 2. The number of rotatable bonds is 5. The van der Waals surface area contributed by atoms with Crippen molar-refractivity contribution in [3.8, 4) is 0 Å². The minimum atomic E-state index is 0.767. The van der Waals surface area contributed by atoms with Gasteiger partial charge in [-0.1, -0.05) is 18.2 Å². The molecule has 0 aliphatic rings. The number of nitrogens with one attached hydrogen (secondary N) is 1. The lowest BCUT2D eigenvalue weighted by molar-refractivity contribution is 0.754. The highest BCUT2D eigenvalue weighted by Crippen LogP contribution is 2.12. The van der Waals surface area contributed by atoms with E-state index in [1.807, 2.05) is 47.9 Å². The molecule has 0 unspecified atom stereocenters. The molecule has 0 aliphatic heterocycles. The molecule has 0 bridgehead atoms. The maximum Gasteiger partial charge on any atom is 0.224 e. The van der Waals surface area contributed by atoms with Gasteiger partial charge in [-0.3, -0.25) is 4.57 Å². The van der Waals surface area contributed by atoms with E-state index in [1.165, 1.54) is 0 Å². The van der Waals surface area contributed by atoms with Gasteiger partial charge in [-0.15, -0.1) is 10.2 Å². The van der Waals surface area contributed by atoms with Gasteiger partial charge in [0.1, 0.15) is 0 Å². The van der Waals surface area contributed by atoms with E-state index in [9.17, 15) is 0 Å². The molecular weight excluding hydrogens is 238 g/mol. The van der Waals surface area contributed by atoms with Crippen LogP contribution in [-0.2, 0) is 6.54 Å². The van der Waals surface area contributed by atoms with Gasteiger partial charge < -0.3 is 11.1 Å². The van der Waals surface area contributed by atoms with E-state index in [0.29, 0.717) is 0 Å². The van der Waals surface area contributed by atoms with Crippen LogP contribution in [0.1, 0.15) is 25.2 Å². The van der Waals surface area contributed by atoms with E-state index in [1.54, 1.807) is 0 Å². The lowest BCUT2D eigenvalue weighted by Gasteiger charge is -2.05. The Hall–Kier alpha value is -2.30. The van der Waals surface area contributed by atoms with Gasteiger partial charge in [-0.2, -0.15) is 0 Å². The Labute approximate surface area is 113 Å². The summed E-state index contributed by atoms with van der Waals surface area (Å²) in [7, 11) is 0. The zero-order valence-electron chi connectivity index (χ0n) is 11.3. The quantitative estimate of drug-likeness (QED) is 0.807. The fourth-order valence-electron chi connectivity index (χ4n) is 1.82. The van der Waals surface area contributed by atoms with Crippen LogP contribution in [-0.4, -0.2) is 21.3 Å². The average molecular weight is 257 g/mol. The molecule has 0 amide bonds. The maximum absolute atomic E-state index is 5.66. The van der Waals surface area contributed by atoms with E-state index in [0.717, 1.165) is 36.1 Å². The molecule has 0 saturated carbocycles. The first-order valence-corrected chi connectivity index (χ1v) is 6.45. The Morgan fingerprint density at radius 2 is 1.89 bits per heavy atom. The minimum Gasteiger partial charge on any atom is -0.399 e. The number of nitrogens with zero attached hydrogens (tertiary/aromatic N) is 3. The summed E-state index contributed by atoms with van der Waals surface area (Å²) in [6, 6.07) is 7.72. The van der Waals surface area contributed by atoms with E-state index >= 15 is 0 Å². The fraction of sp³-hybridized carbons (Fsp3) is 0.286. The molecule has 5 heteroatoms. The van der Waals surface area contributed by atoms with Crippen molar-refractivity contribution in [2.45, 2.75) is 20.4 Å². The number of hydrogen-bond donors (Lipinski definition) is 2. The van der Waals surface area contributed by atoms with Gasteiger partial charge in [0.2, 0.25) is 5.95 Å². The first kappa shape index (κ1) is 13.1. The summed E-state index contributed by atoms with van der Waals surface area (Å²) in [6.45, 7) is 5.78. The Balaban J connectivity index is 2.20. The third-order valence-corrected chi connectivity index (χ3v) is 2.79. The van der Waals surface area contributed by atoms with E-state index in [4.69, 9.17) is 5.73 Å². The zero-order chi connectivity index (χ0) is 13.7. The third kappa shape index (κ3) is 3.13. The van der Waals surface area contributed by atoms with Gasteiger partial charge in [0.05, 0.1) is 0 Å². The molecule has 19 heavy (non-hydrogen) atoms. The summed E-state index contributed by atoms with van der Waals surface area (Å²) in [4.78, 5) is 0. The highest BCUT2D eigenvalue weighted by molar-refractivity contribution is 5.68. The summed E-state index contributed by atoms with van der Waals surface area (Å²) < 4.78 is 2.04.